The molecule has 0 bridgehead atoms. The molecule has 0 radical (unpaired) electrons. The smallest absolute Gasteiger partial charge is 0.166 e. The van der Waals surface area contributed by atoms with Crippen LogP contribution in [0.1, 0.15) is 22.3 Å². The van der Waals surface area contributed by atoms with Crippen molar-refractivity contribution < 1.29 is 9.13 Å². The quantitative estimate of drug-likeness (QED) is 0.659. The van der Waals surface area contributed by atoms with E-state index in [1.807, 2.05) is 32.9 Å². The van der Waals surface area contributed by atoms with Crippen LogP contribution in [-0.2, 0) is 0 Å². The zero-order valence-electron chi connectivity index (χ0n) is 11.8. The van der Waals surface area contributed by atoms with Crippen LogP contribution in [0.25, 0.3) is 0 Å². The third kappa shape index (κ3) is 2.64. The van der Waals surface area contributed by atoms with Gasteiger partial charge in [-0.3, -0.25) is 5.41 Å². The Bertz CT molecular complexity index is 680. The topological polar surface area (TPSA) is 59.1 Å². The number of halogens is 1. The Morgan fingerprint density at radius 1 is 1.10 bits per heavy atom. The Kier molecular flexibility index (Phi) is 3.74. The molecule has 3 nitrogen and oxygen atoms in total. The van der Waals surface area contributed by atoms with Crippen molar-refractivity contribution in [1.82, 2.24) is 0 Å². The molecule has 0 aliphatic carbocycles. The summed E-state index contributed by atoms with van der Waals surface area (Å²) in [5.74, 6) is 0.0997. The first kappa shape index (κ1) is 14.1. The minimum atomic E-state index is -0.530. The highest BCUT2D eigenvalue weighted by Gasteiger charge is 2.12. The van der Waals surface area contributed by atoms with Gasteiger partial charge in [0.2, 0.25) is 0 Å². The lowest BCUT2D eigenvalue weighted by atomic mass is 10.1. The van der Waals surface area contributed by atoms with Crippen LogP contribution in [0, 0.1) is 32.0 Å². The summed E-state index contributed by atoms with van der Waals surface area (Å²) in [6.07, 6.45) is 0. The number of rotatable bonds is 3. The molecule has 2 aromatic carbocycles. The zero-order valence-corrected chi connectivity index (χ0v) is 11.8. The van der Waals surface area contributed by atoms with Gasteiger partial charge in [0.1, 0.15) is 11.6 Å². The van der Waals surface area contributed by atoms with Crippen LogP contribution in [0.2, 0.25) is 0 Å². The van der Waals surface area contributed by atoms with Crippen molar-refractivity contribution in [3.63, 3.8) is 0 Å². The standard InChI is InChI=1S/C16H17FN2O/c1-9-4-5-10(2)15(11(9)3)20-14-7-6-12(16(18)19)8-13(14)17/h4-8H,1-3H3,(H3,18,19). The first-order chi connectivity index (χ1) is 9.40. The summed E-state index contributed by atoms with van der Waals surface area (Å²) in [6.45, 7) is 5.85. The first-order valence-corrected chi connectivity index (χ1v) is 6.28. The molecule has 0 heterocycles. The molecule has 104 valence electrons. The Labute approximate surface area is 117 Å². The second-order valence-electron chi connectivity index (χ2n) is 4.81. The molecular formula is C16H17FN2O. The number of nitrogens with one attached hydrogen (secondary N) is 1. The lowest BCUT2D eigenvalue weighted by Gasteiger charge is -2.14. The number of nitrogens with two attached hydrogens (primary N) is 1. The SMILES string of the molecule is Cc1ccc(C)c(Oc2ccc(C(=N)N)cc2F)c1C. The van der Waals surface area contributed by atoms with Gasteiger partial charge in [0, 0.05) is 5.56 Å². The van der Waals surface area contributed by atoms with Gasteiger partial charge in [-0.2, -0.15) is 0 Å². The van der Waals surface area contributed by atoms with Crippen LogP contribution in [0.15, 0.2) is 30.3 Å². The number of nitrogen functional groups attached to an aromatic ring is 1. The van der Waals surface area contributed by atoms with Gasteiger partial charge in [0.05, 0.1) is 0 Å². The lowest BCUT2D eigenvalue weighted by molar-refractivity contribution is 0.436. The highest BCUT2D eigenvalue weighted by atomic mass is 19.1. The van der Waals surface area contributed by atoms with Crippen LogP contribution in [0.3, 0.4) is 0 Å². The van der Waals surface area contributed by atoms with Gasteiger partial charge in [-0.1, -0.05) is 12.1 Å². The molecule has 4 heteroatoms. The normalized spacial score (nSPS) is 10.4. The molecule has 2 aromatic rings. The van der Waals surface area contributed by atoms with Gasteiger partial charge >= 0.3 is 0 Å². The van der Waals surface area contributed by atoms with Gasteiger partial charge in [-0.25, -0.2) is 4.39 Å². The maximum absolute atomic E-state index is 14.0. The second kappa shape index (κ2) is 5.33. The Morgan fingerprint density at radius 3 is 2.35 bits per heavy atom. The number of amidine groups is 1. The summed E-state index contributed by atoms with van der Waals surface area (Å²) in [6, 6.07) is 8.22. The first-order valence-electron chi connectivity index (χ1n) is 6.28. The van der Waals surface area contributed by atoms with E-state index in [0.717, 1.165) is 16.7 Å². The lowest BCUT2D eigenvalue weighted by Crippen LogP contribution is -2.11. The summed E-state index contributed by atoms with van der Waals surface area (Å²) in [5, 5.41) is 7.29. The fraction of sp³-hybridized carbons (Fsp3) is 0.188. The van der Waals surface area contributed by atoms with Gasteiger partial charge in [-0.15, -0.1) is 0 Å². The third-order valence-electron chi connectivity index (χ3n) is 3.33. The van der Waals surface area contributed by atoms with Crippen molar-refractivity contribution >= 4 is 5.84 Å². The van der Waals surface area contributed by atoms with E-state index in [4.69, 9.17) is 15.9 Å². The van der Waals surface area contributed by atoms with E-state index in [-0.39, 0.29) is 11.6 Å². The number of benzene rings is 2. The van der Waals surface area contributed by atoms with Crippen LogP contribution < -0.4 is 10.5 Å². The molecule has 0 aliphatic heterocycles. The average molecular weight is 272 g/mol. The van der Waals surface area contributed by atoms with Crippen molar-refractivity contribution in [2.75, 3.05) is 0 Å². The molecule has 0 atom stereocenters. The van der Waals surface area contributed by atoms with Crippen molar-refractivity contribution in [1.29, 1.82) is 5.41 Å². The fourth-order valence-electron chi connectivity index (χ4n) is 1.94. The minimum absolute atomic E-state index is 0.131. The van der Waals surface area contributed by atoms with Crippen molar-refractivity contribution in [3.05, 3.63) is 58.4 Å². The molecule has 3 N–H and O–H groups in total. The number of hydrogen-bond acceptors (Lipinski definition) is 2. The van der Waals surface area contributed by atoms with Crippen LogP contribution in [-0.4, -0.2) is 5.84 Å². The molecule has 0 fully saturated rings. The monoisotopic (exact) mass is 272 g/mol. The summed E-state index contributed by atoms with van der Waals surface area (Å²) >= 11 is 0. The third-order valence-corrected chi connectivity index (χ3v) is 3.33. The van der Waals surface area contributed by atoms with E-state index < -0.39 is 5.82 Å². The van der Waals surface area contributed by atoms with Gasteiger partial charge in [0.25, 0.3) is 0 Å². The summed E-state index contributed by atoms with van der Waals surface area (Å²) in [5.41, 5.74) is 8.69. The molecule has 0 amide bonds. The average Bonchev–Trinajstić information content (AvgIpc) is 2.40. The molecule has 0 saturated heterocycles. The Morgan fingerprint density at radius 2 is 1.75 bits per heavy atom. The van der Waals surface area contributed by atoms with Gasteiger partial charge in [-0.05, 0) is 55.7 Å². The number of ether oxygens (including phenoxy) is 1. The van der Waals surface area contributed by atoms with E-state index in [1.54, 1.807) is 6.07 Å². The van der Waals surface area contributed by atoms with E-state index in [9.17, 15) is 4.39 Å². The Balaban J connectivity index is 2.41. The summed E-state index contributed by atoms with van der Waals surface area (Å²) < 4.78 is 19.7. The molecule has 0 spiro atoms. The maximum atomic E-state index is 14.0. The van der Waals surface area contributed by atoms with Crippen molar-refractivity contribution in [3.8, 4) is 11.5 Å². The van der Waals surface area contributed by atoms with E-state index in [0.29, 0.717) is 11.3 Å². The molecule has 0 aromatic heterocycles. The molecular weight excluding hydrogens is 255 g/mol. The molecule has 0 saturated carbocycles. The summed E-state index contributed by atoms with van der Waals surface area (Å²) in [7, 11) is 0. The van der Waals surface area contributed by atoms with E-state index >= 15 is 0 Å². The predicted octanol–water partition coefficient (Wildman–Crippen LogP) is 3.83. The number of aryl methyl sites for hydroxylation is 2. The zero-order chi connectivity index (χ0) is 14.9. The van der Waals surface area contributed by atoms with Crippen molar-refractivity contribution in [2.24, 2.45) is 5.73 Å². The highest BCUT2D eigenvalue weighted by molar-refractivity contribution is 5.95. The maximum Gasteiger partial charge on any atom is 0.166 e. The molecule has 20 heavy (non-hydrogen) atoms. The Hall–Kier alpha value is -2.36. The largest absolute Gasteiger partial charge is 0.454 e. The molecule has 0 unspecified atom stereocenters. The van der Waals surface area contributed by atoms with E-state index in [1.165, 1.54) is 12.1 Å². The fourth-order valence-corrected chi connectivity index (χ4v) is 1.94. The highest BCUT2D eigenvalue weighted by Crippen LogP contribution is 2.32. The molecule has 0 aliphatic rings. The summed E-state index contributed by atoms with van der Waals surface area (Å²) in [4.78, 5) is 0. The van der Waals surface area contributed by atoms with E-state index in [2.05, 4.69) is 0 Å². The second-order valence-corrected chi connectivity index (χ2v) is 4.81. The van der Waals surface area contributed by atoms with Gasteiger partial charge in [0.15, 0.2) is 11.6 Å². The number of hydrogen-bond donors (Lipinski definition) is 2. The predicted molar refractivity (Wildman–Crippen MR) is 78.1 cm³/mol. The van der Waals surface area contributed by atoms with Crippen molar-refractivity contribution in [2.45, 2.75) is 20.8 Å². The van der Waals surface area contributed by atoms with Gasteiger partial charge < -0.3 is 10.5 Å². The van der Waals surface area contributed by atoms with Crippen LogP contribution in [0.5, 0.6) is 11.5 Å². The van der Waals surface area contributed by atoms with Crippen LogP contribution >= 0.6 is 0 Å². The molecule has 2 rings (SSSR count). The van der Waals surface area contributed by atoms with Crippen LogP contribution in [0.4, 0.5) is 4.39 Å². The minimum Gasteiger partial charge on any atom is -0.454 e.